The molecule has 0 unspecified atom stereocenters. The molecule has 0 amide bonds. The van der Waals surface area contributed by atoms with Crippen molar-refractivity contribution in [2.45, 2.75) is 32.7 Å². The Balaban J connectivity index is 2.08. The van der Waals surface area contributed by atoms with Gasteiger partial charge in [0.15, 0.2) is 0 Å². The average molecular weight is 246 g/mol. The smallest absolute Gasteiger partial charge is 0.123 e. The molecule has 0 saturated heterocycles. The summed E-state index contributed by atoms with van der Waals surface area (Å²) in [7, 11) is 0. The summed E-state index contributed by atoms with van der Waals surface area (Å²) in [4.78, 5) is 2.34. The second-order valence-electron chi connectivity index (χ2n) is 5.09. The fraction of sp³-hybridized carbons (Fsp3) is 0.533. The lowest BCUT2D eigenvalue weighted by Crippen LogP contribution is -2.26. The first-order valence-corrected chi connectivity index (χ1v) is 6.63. The van der Waals surface area contributed by atoms with E-state index >= 15 is 0 Å². The van der Waals surface area contributed by atoms with Crippen LogP contribution in [0.15, 0.2) is 18.2 Å². The van der Waals surface area contributed by atoms with Crippen LogP contribution in [0, 0.1) is 23.1 Å². The van der Waals surface area contributed by atoms with E-state index in [9.17, 15) is 4.39 Å². The molecule has 1 saturated carbocycles. The summed E-state index contributed by atoms with van der Waals surface area (Å²) < 4.78 is 13.3. The van der Waals surface area contributed by atoms with Crippen molar-refractivity contribution >= 4 is 0 Å². The van der Waals surface area contributed by atoms with Gasteiger partial charge in [0.2, 0.25) is 0 Å². The van der Waals surface area contributed by atoms with E-state index in [1.165, 1.54) is 25.0 Å². The number of benzene rings is 1. The van der Waals surface area contributed by atoms with Crippen LogP contribution in [0.5, 0.6) is 0 Å². The molecule has 1 fully saturated rings. The van der Waals surface area contributed by atoms with E-state index in [1.54, 1.807) is 6.07 Å². The number of halogens is 1. The highest BCUT2D eigenvalue weighted by Gasteiger charge is 2.24. The molecule has 2 nitrogen and oxygen atoms in total. The van der Waals surface area contributed by atoms with E-state index in [0.717, 1.165) is 31.0 Å². The molecular formula is C15H19FN2. The van der Waals surface area contributed by atoms with Crippen LogP contribution in [0.2, 0.25) is 0 Å². The number of hydrogen-bond donors (Lipinski definition) is 0. The van der Waals surface area contributed by atoms with Gasteiger partial charge in [-0.05, 0) is 55.5 Å². The van der Waals surface area contributed by atoms with Crippen molar-refractivity contribution in [1.29, 1.82) is 5.26 Å². The number of hydrogen-bond acceptors (Lipinski definition) is 2. The van der Waals surface area contributed by atoms with Gasteiger partial charge >= 0.3 is 0 Å². The number of rotatable bonds is 6. The minimum Gasteiger partial charge on any atom is -0.299 e. The fourth-order valence-corrected chi connectivity index (χ4v) is 2.26. The Morgan fingerprint density at radius 1 is 1.44 bits per heavy atom. The molecule has 3 heteroatoms. The largest absolute Gasteiger partial charge is 0.299 e. The molecule has 0 spiro atoms. The van der Waals surface area contributed by atoms with Crippen molar-refractivity contribution in [1.82, 2.24) is 4.90 Å². The quantitative estimate of drug-likeness (QED) is 0.770. The highest BCUT2D eigenvalue weighted by molar-refractivity contribution is 5.37. The standard InChI is InChI=1S/C15H19FN2/c1-2-7-18(10-12-3-4-12)11-14-8-15(16)6-5-13(14)9-17/h5-6,8,12H,2-4,7,10-11H2,1H3. The molecule has 96 valence electrons. The van der Waals surface area contributed by atoms with Crippen LogP contribution in [-0.4, -0.2) is 18.0 Å². The highest BCUT2D eigenvalue weighted by atomic mass is 19.1. The normalized spacial score (nSPS) is 14.8. The van der Waals surface area contributed by atoms with Gasteiger partial charge in [-0.25, -0.2) is 4.39 Å². The van der Waals surface area contributed by atoms with Gasteiger partial charge in [0, 0.05) is 13.1 Å². The van der Waals surface area contributed by atoms with Gasteiger partial charge in [0.25, 0.3) is 0 Å². The first-order valence-electron chi connectivity index (χ1n) is 6.63. The van der Waals surface area contributed by atoms with Crippen molar-refractivity contribution < 1.29 is 4.39 Å². The molecule has 0 radical (unpaired) electrons. The summed E-state index contributed by atoms with van der Waals surface area (Å²) >= 11 is 0. The predicted molar refractivity (Wildman–Crippen MR) is 69.4 cm³/mol. The molecule has 18 heavy (non-hydrogen) atoms. The summed E-state index contributed by atoms with van der Waals surface area (Å²) in [5.74, 6) is 0.558. The van der Waals surface area contributed by atoms with Gasteiger partial charge in [0.05, 0.1) is 11.6 Å². The molecule has 2 rings (SSSR count). The molecule has 1 aromatic rings. The molecule has 0 atom stereocenters. The minimum atomic E-state index is -0.258. The van der Waals surface area contributed by atoms with Gasteiger partial charge in [-0.3, -0.25) is 4.90 Å². The van der Waals surface area contributed by atoms with Crippen molar-refractivity contribution in [3.8, 4) is 6.07 Å². The molecule has 0 aliphatic heterocycles. The first-order chi connectivity index (χ1) is 8.72. The average Bonchev–Trinajstić information content (AvgIpc) is 3.13. The summed E-state index contributed by atoms with van der Waals surface area (Å²) in [5, 5.41) is 9.06. The molecule has 0 N–H and O–H groups in total. The Morgan fingerprint density at radius 2 is 2.22 bits per heavy atom. The van der Waals surface area contributed by atoms with E-state index < -0.39 is 0 Å². The van der Waals surface area contributed by atoms with E-state index in [4.69, 9.17) is 5.26 Å². The van der Waals surface area contributed by atoms with Crippen molar-refractivity contribution in [3.05, 3.63) is 35.1 Å². The van der Waals surface area contributed by atoms with Crippen molar-refractivity contribution in [2.24, 2.45) is 5.92 Å². The van der Waals surface area contributed by atoms with Gasteiger partial charge < -0.3 is 0 Å². The van der Waals surface area contributed by atoms with Gasteiger partial charge in [-0.1, -0.05) is 6.92 Å². The summed E-state index contributed by atoms with van der Waals surface area (Å²) in [6, 6.07) is 6.57. The highest BCUT2D eigenvalue weighted by Crippen LogP contribution is 2.30. The second-order valence-corrected chi connectivity index (χ2v) is 5.09. The lowest BCUT2D eigenvalue weighted by atomic mass is 10.1. The summed E-state index contributed by atoms with van der Waals surface area (Å²) in [6.07, 6.45) is 3.72. The first kappa shape index (κ1) is 13.0. The van der Waals surface area contributed by atoms with E-state index in [0.29, 0.717) is 12.1 Å². The zero-order valence-corrected chi connectivity index (χ0v) is 10.8. The molecule has 1 aromatic carbocycles. The Labute approximate surface area is 108 Å². The second kappa shape index (κ2) is 5.97. The number of nitriles is 1. The Morgan fingerprint density at radius 3 is 2.83 bits per heavy atom. The van der Waals surface area contributed by atoms with Crippen LogP contribution in [0.25, 0.3) is 0 Å². The van der Waals surface area contributed by atoms with Gasteiger partial charge in [-0.15, -0.1) is 0 Å². The van der Waals surface area contributed by atoms with E-state index in [1.807, 2.05) is 0 Å². The molecule has 1 aliphatic rings. The predicted octanol–water partition coefficient (Wildman–Crippen LogP) is 3.32. The maximum absolute atomic E-state index is 13.3. The lowest BCUT2D eigenvalue weighted by Gasteiger charge is -2.22. The SMILES string of the molecule is CCCN(Cc1cc(F)ccc1C#N)CC1CC1. The monoisotopic (exact) mass is 246 g/mol. The molecule has 1 aliphatic carbocycles. The van der Waals surface area contributed by atoms with Crippen molar-refractivity contribution in [3.63, 3.8) is 0 Å². The zero-order chi connectivity index (χ0) is 13.0. The molecule has 0 heterocycles. The minimum absolute atomic E-state index is 0.258. The third kappa shape index (κ3) is 3.54. The maximum atomic E-state index is 13.3. The third-order valence-corrected chi connectivity index (χ3v) is 3.33. The lowest BCUT2D eigenvalue weighted by molar-refractivity contribution is 0.254. The summed E-state index contributed by atoms with van der Waals surface area (Å²) in [6.45, 7) is 4.93. The van der Waals surface area contributed by atoms with Crippen molar-refractivity contribution in [2.75, 3.05) is 13.1 Å². The van der Waals surface area contributed by atoms with Crippen LogP contribution < -0.4 is 0 Å². The molecule has 0 bridgehead atoms. The third-order valence-electron chi connectivity index (χ3n) is 3.33. The Kier molecular flexibility index (Phi) is 4.33. The van der Waals surface area contributed by atoms with Gasteiger partial charge in [0.1, 0.15) is 5.82 Å². The zero-order valence-electron chi connectivity index (χ0n) is 10.8. The molecule has 0 aromatic heterocycles. The van der Waals surface area contributed by atoms with Crippen LogP contribution in [0.1, 0.15) is 37.3 Å². The topological polar surface area (TPSA) is 27.0 Å². The number of nitrogens with zero attached hydrogens (tertiary/aromatic N) is 2. The van der Waals surface area contributed by atoms with Crippen LogP contribution in [0.3, 0.4) is 0 Å². The Hall–Kier alpha value is -1.40. The Bertz CT molecular complexity index is 446. The van der Waals surface area contributed by atoms with Crippen LogP contribution in [-0.2, 0) is 6.54 Å². The molecular weight excluding hydrogens is 227 g/mol. The van der Waals surface area contributed by atoms with E-state index in [2.05, 4.69) is 17.9 Å². The maximum Gasteiger partial charge on any atom is 0.123 e. The summed E-state index contributed by atoms with van der Waals surface area (Å²) in [5.41, 5.74) is 1.40. The van der Waals surface area contributed by atoms with E-state index in [-0.39, 0.29) is 5.82 Å². The van der Waals surface area contributed by atoms with Crippen LogP contribution in [0.4, 0.5) is 4.39 Å². The van der Waals surface area contributed by atoms with Gasteiger partial charge in [-0.2, -0.15) is 5.26 Å². The fourth-order valence-electron chi connectivity index (χ4n) is 2.26. The van der Waals surface area contributed by atoms with Crippen LogP contribution >= 0.6 is 0 Å².